The molecule has 2 N–H and O–H groups in total. The summed E-state index contributed by atoms with van der Waals surface area (Å²) < 4.78 is 16.5. The first kappa shape index (κ1) is 24.3. The van der Waals surface area contributed by atoms with Crippen LogP contribution in [0.4, 0.5) is 5.69 Å². The van der Waals surface area contributed by atoms with Gasteiger partial charge in [0.15, 0.2) is 6.61 Å². The third-order valence-corrected chi connectivity index (χ3v) is 5.74. The molecule has 3 aromatic carbocycles. The van der Waals surface area contributed by atoms with Crippen LogP contribution in [0.5, 0.6) is 17.2 Å². The van der Waals surface area contributed by atoms with Crippen LogP contribution in [0.1, 0.15) is 42.4 Å². The Labute approximate surface area is 207 Å². The molecule has 0 saturated heterocycles. The molecular formula is C27H23N3O6. The standard InChI is InChI=1S/C27H23N3O6/c1-16(2)17-6-8-20(9-7-17)34-15-25(31)35-21-10-11-22-24(13-21)36-27(29)23(14-28)26(22)18-4-3-5-19(12-18)30(32)33/h3-13,16,26H,15,29H2,1-2H3. The van der Waals surface area contributed by atoms with Crippen LogP contribution >= 0.6 is 0 Å². The number of nitrogens with zero attached hydrogens (tertiary/aromatic N) is 2. The van der Waals surface area contributed by atoms with Crippen LogP contribution in [-0.4, -0.2) is 17.5 Å². The lowest BCUT2D eigenvalue weighted by atomic mass is 9.83. The second-order valence-electron chi connectivity index (χ2n) is 8.46. The molecule has 0 aliphatic carbocycles. The lowest BCUT2D eigenvalue weighted by molar-refractivity contribution is -0.384. The molecule has 3 aromatic rings. The van der Waals surface area contributed by atoms with E-state index < -0.39 is 16.8 Å². The van der Waals surface area contributed by atoms with Gasteiger partial charge in [0, 0.05) is 23.8 Å². The molecule has 0 fully saturated rings. The SMILES string of the molecule is CC(C)c1ccc(OCC(=O)Oc2ccc3c(c2)OC(N)=C(C#N)C3c2cccc([N+](=O)[O-])c2)cc1. The van der Waals surface area contributed by atoms with Crippen molar-refractivity contribution >= 4 is 11.7 Å². The highest BCUT2D eigenvalue weighted by Crippen LogP contribution is 2.44. The van der Waals surface area contributed by atoms with E-state index in [0.717, 1.165) is 5.56 Å². The van der Waals surface area contributed by atoms with E-state index in [2.05, 4.69) is 13.8 Å². The minimum absolute atomic E-state index is 0.110. The summed E-state index contributed by atoms with van der Waals surface area (Å²) in [4.78, 5) is 23.1. The number of ether oxygens (including phenoxy) is 3. The van der Waals surface area contributed by atoms with E-state index >= 15 is 0 Å². The number of carbonyl (C=O) groups is 1. The maximum atomic E-state index is 12.3. The number of esters is 1. The van der Waals surface area contributed by atoms with Gasteiger partial charge in [-0.2, -0.15) is 5.26 Å². The maximum Gasteiger partial charge on any atom is 0.349 e. The fourth-order valence-electron chi connectivity index (χ4n) is 3.91. The first-order valence-electron chi connectivity index (χ1n) is 11.2. The summed E-state index contributed by atoms with van der Waals surface area (Å²) in [5, 5.41) is 20.9. The number of nitro groups is 1. The fraction of sp³-hybridized carbons (Fsp3) is 0.185. The molecule has 182 valence electrons. The fourth-order valence-corrected chi connectivity index (χ4v) is 3.91. The number of rotatable bonds is 7. The Morgan fingerprint density at radius 3 is 2.53 bits per heavy atom. The van der Waals surface area contributed by atoms with Crippen molar-refractivity contribution in [3.05, 3.63) is 105 Å². The predicted molar refractivity (Wildman–Crippen MR) is 130 cm³/mol. The molecule has 1 aliphatic rings. The average molecular weight is 485 g/mol. The van der Waals surface area contributed by atoms with Crippen LogP contribution in [0, 0.1) is 21.4 Å². The Morgan fingerprint density at radius 2 is 1.86 bits per heavy atom. The summed E-state index contributed by atoms with van der Waals surface area (Å²) in [7, 11) is 0. The topological polar surface area (TPSA) is 138 Å². The summed E-state index contributed by atoms with van der Waals surface area (Å²) in [5.41, 5.74) is 8.24. The van der Waals surface area contributed by atoms with Gasteiger partial charge in [-0.15, -0.1) is 0 Å². The Kier molecular flexibility index (Phi) is 6.88. The van der Waals surface area contributed by atoms with Crippen LogP contribution < -0.4 is 19.9 Å². The smallest absolute Gasteiger partial charge is 0.349 e. The lowest BCUT2D eigenvalue weighted by Crippen LogP contribution is -2.21. The molecule has 0 radical (unpaired) electrons. The molecule has 0 amide bonds. The first-order valence-corrected chi connectivity index (χ1v) is 11.2. The summed E-state index contributed by atoms with van der Waals surface area (Å²) in [6, 6.07) is 20.2. The zero-order valence-corrected chi connectivity index (χ0v) is 19.6. The van der Waals surface area contributed by atoms with Gasteiger partial charge in [-0.1, -0.05) is 44.2 Å². The first-order chi connectivity index (χ1) is 17.3. The monoisotopic (exact) mass is 485 g/mol. The van der Waals surface area contributed by atoms with Gasteiger partial charge < -0.3 is 19.9 Å². The Bertz CT molecular complexity index is 1390. The van der Waals surface area contributed by atoms with Gasteiger partial charge in [0.05, 0.1) is 10.8 Å². The number of carbonyl (C=O) groups excluding carboxylic acids is 1. The molecule has 36 heavy (non-hydrogen) atoms. The highest BCUT2D eigenvalue weighted by Gasteiger charge is 2.32. The zero-order valence-electron chi connectivity index (χ0n) is 19.6. The number of fused-ring (bicyclic) bond motifs is 1. The number of nitro benzene ring substituents is 1. The summed E-state index contributed by atoms with van der Waals surface area (Å²) >= 11 is 0. The number of hydrogen-bond donors (Lipinski definition) is 1. The largest absolute Gasteiger partial charge is 0.482 e. The Morgan fingerprint density at radius 1 is 1.14 bits per heavy atom. The van der Waals surface area contributed by atoms with E-state index in [0.29, 0.717) is 22.8 Å². The number of benzene rings is 3. The van der Waals surface area contributed by atoms with Crippen molar-refractivity contribution in [2.45, 2.75) is 25.7 Å². The highest BCUT2D eigenvalue weighted by molar-refractivity contribution is 5.74. The minimum atomic E-state index is -0.680. The van der Waals surface area contributed by atoms with Crippen LogP contribution in [0.25, 0.3) is 0 Å². The molecule has 9 nitrogen and oxygen atoms in total. The van der Waals surface area contributed by atoms with E-state index in [4.69, 9.17) is 19.9 Å². The van der Waals surface area contributed by atoms with Gasteiger partial charge in [0.25, 0.3) is 5.69 Å². The summed E-state index contributed by atoms with van der Waals surface area (Å²) in [5.74, 6) is -0.0114. The Hall–Kier alpha value is -4.84. The van der Waals surface area contributed by atoms with E-state index in [9.17, 15) is 20.2 Å². The lowest BCUT2D eigenvalue weighted by Gasteiger charge is -2.26. The highest BCUT2D eigenvalue weighted by atomic mass is 16.6. The molecule has 1 unspecified atom stereocenters. The number of allylic oxidation sites excluding steroid dienone is 1. The van der Waals surface area contributed by atoms with Crippen molar-refractivity contribution in [3.8, 4) is 23.3 Å². The van der Waals surface area contributed by atoms with Crippen LogP contribution in [0.15, 0.2) is 78.2 Å². The van der Waals surface area contributed by atoms with Crippen molar-refractivity contribution in [2.75, 3.05) is 6.61 Å². The molecule has 4 rings (SSSR count). The second kappa shape index (κ2) is 10.2. The number of hydrogen-bond acceptors (Lipinski definition) is 8. The number of nitriles is 1. The summed E-state index contributed by atoms with van der Waals surface area (Å²) in [6.07, 6.45) is 0. The molecule has 1 aliphatic heterocycles. The number of non-ortho nitro benzene ring substituents is 1. The molecule has 0 spiro atoms. The van der Waals surface area contributed by atoms with Gasteiger partial charge in [-0.25, -0.2) is 4.79 Å². The zero-order chi connectivity index (χ0) is 25.8. The predicted octanol–water partition coefficient (Wildman–Crippen LogP) is 4.92. The Balaban J connectivity index is 1.52. The average Bonchev–Trinajstić information content (AvgIpc) is 2.86. The molecule has 1 atom stereocenters. The minimum Gasteiger partial charge on any atom is -0.482 e. The van der Waals surface area contributed by atoms with Crippen molar-refractivity contribution in [3.63, 3.8) is 0 Å². The van der Waals surface area contributed by atoms with Crippen molar-refractivity contribution in [2.24, 2.45) is 5.73 Å². The van der Waals surface area contributed by atoms with E-state index in [-0.39, 0.29) is 35.2 Å². The van der Waals surface area contributed by atoms with Crippen LogP contribution in [0.3, 0.4) is 0 Å². The van der Waals surface area contributed by atoms with Gasteiger partial charge >= 0.3 is 5.97 Å². The molecule has 1 heterocycles. The van der Waals surface area contributed by atoms with E-state index in [1.807, 2.05) is 18.2 Å². The van der Waals surface area contributed by atoms with E-state index in [1.165, 1.54) is 18.2 Å². The quantitative estimate of drug-likeness (QED) is 0.215. The van der Waals surface area contributed by atoms with Crippen LogP contribution in [-0.2, 0) is 4.79 Å². The van der Waals surface area contributed by atoms with Gasteiger partial charge in [-0.05, 0) is 35.2 Å². The molecule has 0 saturated carbocycles. The van der Waals surface area contributed by atoms with Crippen molar-refractivity contribution in [1.29, 1.82) is 5.26 Å². The van der Waals surface area contributed by atoms with Gasteiger partial charge in [-0.3, -0.25) is 10.1 Å². The molecule has 0 aromatic heterocycles. The second-order valence-corrected chi connectivity index (χ2v) is 8.46. The molecule has 0 bridgehead atoms. The normalized spacial score (nSPS) is 14.4. The molecular weight excluding hydrogens is 462 g/mol. The summed E-state index contributed by atoms with van der Waals surface area (Å²) in [6.45, 7) is 3.88. The van der Waals surface area contributed by atoms with E-state index in [1.54, 1.807) is 36.4 Å². The third-order valence-electron chi connectivity index (χ3n) is 5.74. The van der Waals surface area contributed by atoms with Gasteiger partial charge in [0.2, 0.25) is 5.88 Å². The van der Waals surface area contributed by atoms with Gasteiger partial charge in [0.1, 0.15) is 28.9 Å². The number of nitrogens with two attached hydrogens (primary N) is 1. The van der Waals surface area contributed by atoms with Crippen molar-refractivity contribution in [1.82, 2.24) is 0 Å². The van der Waals surface area contributed by atoms with Crippen molar-refractivity contribution < 1.29 is 23.9 Å². The third kappa shape index (κ3) is 5.13. The molecule has 9 heteroatoms. The maximum absolute atomic E-state index is 12.3. The van der Waals surface area contributed by atoms with Crippen LogP contribution in [0.2, 0.25) is 0 Å².